The number of rotatable bonds is 0. The second-order valence-corrected chi connectivity index (χ2v) is 1.84. The first-order valence-corrected chi connectivity index (χ1v) is 2.65. The molecule has 0 heteroatoms. The van der Waals surface area contributed by atoms with E-state index in [1.807, 2.05) is 0 Å². The zero-order valence-corrected chi connectivity index (χ0v) is 4.41. The van der Waals surface area contributed by atoms with E-state index in [0.29, 0.717) is 0 Å². The van der Waals surface area contributed by atoms with E-state index in [1.165, 1.54) is 12.8 Å². The second kappa shape index (κ2) is 1.99. The fourth-order valence-electron chi connectivity index (χ4n) is 0.706. The first-order chi connectivity index (χ1) is 3.39. The first-order valence-electron chi connectivity index (χ1n) is 2.65. The summed E-state index contributed by atoms with van der Waals surface area (Å²) in [5.41, 5.74) is 4.22. The lowest BCUT2D eigenvalue weighted by Crippen LogP contribution is -1.79. The van der Waals surface area contributed by atoms with Gasteiger partial charge in [-0.2, -0.15) is 0 Å². The molecule has 0 spiro atoms. The SMILES string of the molecule is [CH2]C1=C=CCCC1. The van der Waals surface area contributed by atoms with Crippen molar-refractivity contribution >= 4 is 0 Å². The summed E-state index contributed by atoms with van der Waals surface area (Å²) >= 11 is 0. The smallest absolute Gasteiger partial charge is 0.0200 e. The van der Waals surface area contributed by atoms with Crippen LogP contribution in [-0.4, -0.2) is 0 Å². The van der Waals surface area contributed by atoms with Gasteiger partial charge in [0.15, 0.2) is 0 Å². The van der Waals surface area contributed by atoms with Crippen LogP contribution in [0.4, 0.5) is 0 Å². The fraction of sp³-hybridized carbons (Fsp3) is 0.429. The molecule has 0 aromatic heterocycles. The Morgan fingerprint density at radius 2 is 2.57 bits per heavy atom. The van der Waals surface area contributed by atoms with E-state index < -0.39 is 0 Å². The highest BCUT2D eigenvalue weighted by Crippen LogP contribution is 2.09. The predicted octanol–water partition coefficient (Wildman–Crippen LogP) is 2.09. The molecule has 0 unspecified atom stereocenters. The maximum absolute atomic E-state index is 3.77. The molecule has 0 bridgehead atoms. The van der Waals surface area contributed by atoms with Crippen LogP contribution >= 0.6 is 0 Å². The molecule has 1 aliphatic rings. The molecule has 0 nitrogen and oxygen atoms in total. The van der Waals surface area contributed by atoms with Crippen molar-refractivity contribution in [3.8, 4) is 0 Å². The Morgan fingerprint density at radius 3 is 2.86 bits per heavy atom. The summed E-state index contributed by atoms with van der Waals surface area (Å²) in [6, 6.07) is 0. The quantitative estimate of drug-likeness (QED) is 0.402. The van der Waals surface area contributed by atoms with E-state index in [1.54, 1.807) is 0 Å². The van der Waals surface area contributed by atoms with Gasteiger partial charge in [0, 0.05) is 0 Å². The summed E-state index contributed by atoms with van der Waals surface area (Å²) in [6.45, 7) is 3.77. The van der Waals surface area contributed by atoms with Crippen LogP contribution in [0.25, 0.3) is 0 Å². The molecule has 0 saturated carbocycles. The van der Waals surface area contributed by atoms with Gasteiger partial charge in [-0.3, -0.25) is 0 Å². The van der Waals surface area contributed by atoms with Crippen LogP contribution in [0.1, 0.15) is 19.3 Å². The Bertz CT molecular complexity index is 114. The van der Waals surface area contributed by atoms with Crippen molar-refractivity contribution in [1.82, 2.24) is 0 Å². The average molecular weight is 93.1 g/mol. The number of hydrogen-bond acceptors (Lipinski definition) is 0. The minimum atomic E-state index is 1.15. The monoisotopic (exact) mass is 93.1 g/mol. The van der Waals surface area contributed by atoms with E-state index in [-0.39, 0.29) is 0 Å². The summed E-state index contributed by atoms with van der Waals surface area (Å²) < 4.78 is 0. The predicted molar refractivity (Wildman–Crippen MR) is 30.8 cm³/mol. The maximum Gasteiger partial charge on any atom is -0.0200 e. The lowest BCUT2D eigenvalue weighted by Gasteiger charge is -1.98. The van der Waals surface area contributed by atoms with Crippen LogP contribution in [0.3, 0.4) is 0 Å². The van der Waals surface area contributed by atoms with Gasteiger partial charge in [0.25, 0.3) is 0 Å². The second-order valence-electron chi connectivity index (χ2n) is 1.84. The maximum atomic E-state index is 3.77. The summed E-state index contributed by atoms with van der Waals surface area (Å²) in [4.78, 5) is 0. The summed E-state index contributed by atoms with van der Waals surface area (Å²) in [5.74, 6) is 0. The molecule has 0 aliphatic heterocycles. The Labute approximate surface area is 44.5 Å². The van der Waals surface area contributed by atoms with E-state index in [9.17, 15) is 0 Å². The minimum Gasteiger partial charge on any atom is -0.126 e. The van der Waals surface area contributed by atoms with Gasteiger partial charge in [-0.05, 0) is 37.8 Å². The van der Waals surface area contributed by atoms with Crippen LogP contribution in [0.5, 0.6) is 0 Å². The van der Waals surface area contributed by atoms with Gasteiger partial charge < -0.3 is 0 Å². The molecule has 7 heavy (non-hydrogen) atoms. The third-order valence-corrected chi connectivity index (χ3v) is 1.13. The molecule has 0 fully saturated rings. The Balaban J connectivity index is 2.68. The van der Waals surface area contributed by atoms with Crippen LogP contribution in [-0.2, 0) is 0 Å². The van der Waals surface area contributed by atoms with Crippen molar-refractivity contribution in [3.05, 3.63) is 24.3 Å². The molecule has 0 aromatic rings. The molecule has 0 aromatic carbocycles. The highest BCUT2D eigenvalue weighted by molar-refractivity contribution is 5.07. The summed E-state index contributed by atoms with van der Waals surface area (Å²) in [7, 11) is 0. The molecule has 0 atom stereocenters. The highest BCUT2D eigenvalue weighted by Gasteiger charge is 1.90. The third-order valence-electron chi connectivity index (χ3n) is 1.13. The lowest BCUT2D eigenvalue weighted by molar-refractivity contribution is 0.829. The van der Waals surface area contributed by atoms with Crippen molar-refractivity contribution in [3.63, 3.8) is 0 Å². The van der Waals surface area contributed by atoms with Crippen molar-refractivity contribution in [1.29, 1.82) is 0 Å². The van der Waals surface area contributed by atoms with Gasteiger partial charge in [0.1, 0.15) is 0 Å². The zero-order chi connectivity index (χ0) is 5.11. The lowest BCUT2D eigenvalue weighted by atomic mass is 10.1. The Kier molecular flexibility index (Phi) is 1.33. The van der Waals surface area contributed by atoms with Crippen LogP contribution in [0.2, 0.25) is 0 Å². The highest BCUT2D eigenvalue weighted by atomic mass is 14.0. The van der Waals surface area contributed by atoms with Gasteiger partial charge in [-0.25, -0.2) is 0 Å². The van der Waals surface area contributed by atoms with Crippen LogP contribution < -0.4 is 0 Å². The van der Waals surface area contributed by atoms with Gasteiger partial charge in [0.2, 0.25) is 0 Å². The molecular weight excluding hydrogens is 84.1 g/mol. The van der Waals surface area contributed by atoms with Crippen LogP contribution in [0, 0.1) is 6.92 Å². The normalized spacial score (nSPS) is 19.3. The molecule has 0 amide bonds. The Hall–Kier alpha value is -0.480. The first kappa shape index (κ1) is 4.67. The molecule has 1 rings (SSSR count). The standard InChI is InChI=1S/C7H9/c1-7-5-3-2-4-6-7/h3H,1-2,4,6H2. The average Bonchev–Trinajstić information content (AvgIpc) is 1.69. The number of hydrogen-bond donors (Lipinski definition) is 0. The molecule has 0 N–H and O–H groups in total. The van der Waals surface area contributed by atoms with Crippen molar-refractivity contribution in [2.24, 2.45) is 0 Å². The van der Waals surface area contributed by atoms with Gasteiger partial charge >= 0.3 is 0 Å². The molecule has 0 saturated heterocycles. The van der Waals surface area contributed by atoms with Crippen molar-refractivity contribution in [2.45, 2.75) is 19.3 Å². The molecule has 0 heterocycles. The van der Waals surface area contributed by atoms with Gasteiger partial charge in [0.05, 0.1) is 0 Å². The van der Waals surface area contributed by atoms with E-state index in [0.717, 1.165) is 12.0 Å². The van der Waals surface area contributed by atoms with Crippen molar-refractivity contribution < 1.29 is 0 Å². The van der Waals surface area contributed by atoms with Gasteiger partial charge in [-0.15, -0.1) is 5.73 Å². The topological polar surface area (TPSA) is 0 Å². The molecule has 37 valence electrons. The summed E-state index contributed by atoms with van der Waals surface area (Å²) in [6.07, 6.45) is 5.67. The van der Waals surface area contributed by atoms with Gasteiger partial charge in [-0.1, -0.05) is 0 Å². The van der Waals surface area contributed by atoms with Crippen molar-refractivity contribution in [2.75, 3.05) is 0 Å². The van der Waals surface area contributed by atoms with E-state index in [4.69, 9.17) is 0 Å². The molecule has 1 aliphatic carbocycles. The molecule has 1 radical (unpaired) electrons. The fourth-order valence-corrected chi connectivity index (χ4v) is 0.706. The van der Waals surface area contributed by atoms with E-state index >= 15 is 0 Å². The third kappa shape index (κ3) is 1.21. The van der Waals surface area contributed by atoms with Crippen LogP contribution in [0.15, 0.2) is 17.4 Å². The minimum absolute atomic E-state index is 1.15. The number of allylic oxidation sites excluding steroid dienone is 1. The summed E-state index contributed by atoms with van der Waals surface area (Å²) in [5, 5.41) is 0. The molecular formula is C7H9. The largest absolute Gasteiger partial charge is 0.126 e. The van der Waals surface area contributed by atoms with E-state index in [2.05, 4.69) is 18.7 Å². The Morgan fingerprint density at radius 1 is 1.71 bits per heavy atom. The zero-order valence-electron chi connectivity index (χ0n) is 4.41.